The molecule has 122 valence electrons. The number of hydrogen-bond acceptors (Lipinski definition) is 3. The van der Waals surface area contributed by atoms with Crippen molar-refractivity contribution in [2.24, 2.45) is 0 Å². The third kappa shape index (κ3) is 2.91. The Kier molecular flexibility index (Phi) is 4.23. The van der Waals surface area contributed by atoms with Gasteiger partial charge in [0.15, 0.2) is 5.82 Å². The van der Waals surface area contributed by atoms with Gasteiger partial charge in [-0.3, -0.25) is 0 Å². The second-order valence-electron chi connectivity index (χ2n) is 6.43. The first kappa shape index (κ1) is 15.6. The molecule has 3 aromatic rings. The molecule has 1 aliphatic heterocycles. The summed E-state index contributed by atoms with van der Waals surface area (Å²) in [5.41, 5.74) is 2.06. The number of nitrogens with zero attached hydrogens (tertiary/aromatic N) is 3. The molecule has 0 radical (unpaired) electrons. The number of para-hydroxylation sites is 1. The first-order chi connectivity index (χ1) is 11.7. The predicted molar refractivity (Wildman–Crippen MR) is 103 cm³/mol. The number of benzene rings is 2. The van der Waals surface area contributed by atoms with E-state index in [2.05, 4.69) is 58.1 Å². The van der Waals surface area contributed by atoms with Crippen LogP contribution in [0.4, 0.5) is 5.82 Å². The molecule has 0 bridgehead atoms. The van der Waals surface area contributed by atoms with E-state index in [0.717, 1.165) is 39.1 Å². The Morgan fingerprint density at radius 1 is 1.00 bits per heavy atom. The highest BCUT2D eigenvalue weighted by Gasteiger charge is 2.22. The number of piperidine rings is 1. The summed E-state index contributed by atoms with van der Waals surface area (Å²) in [7, 11) is 0. The van der Waals surface area contributed by atoms with Crippen molar-refractivity contribution in [3.63, 3.8) is 0 Å². The molecule has 1 aliphatic rings. The van der Waals surface area contributed by atoms with Crippen molar-refractivity contribution in [2.45, 2.75) is 32.2 Å². The number of anilines is 1. The molecule has 0 N–H and O–H groups in total. The summed E-state index contributed by atoms with van der Waals surface area (Å²) in [4.78, 5) is 12.2. The molecule has 1 saturated heterocycles. The molecule has 1 unspecified atom stereocenters. The van der Waals surface area contributed by atoms with E-state index in [4.69, 9.17) is 9.97 Å². The van der Waals surface area contributed by atoms with Crippen LogP contribution in [0.25, 0.3) is 22.3 Å². The predicted octanol–water partition coefficient (Wildman–Crippen LogP) is 5.44. The normalized spacial score (nSPS) is 18.1. The van der Waals surface area contributed by atoms with Gasteiger partial charge in [0.05, 0.1) is 5.52 Å². The Morgan fingerprint density at radius 2 is 1.79 bits per heavy atom. The molecule has 4 heteroatoms. The van der Waals surface area contributed by atoms with Gasteiger partial charge in [-0.05, 0) is 50.5 Å². The fraction of sp³-hybridized carbons (Fsp3) is 0.300. The fourth-order valence-corrected chi connectivity index (χ4v) is 3.68. The molecule has 2 aromatic carbocycles. The lowest BCUT2D eigenvalue weighted by atomic mass is 10.0. The quantitative estimate of drug-likeness (QED) is 0.591. The smallest absolute Gasteiger partial charge is 0.162 e. The molecule has 24 heavy (non-hydrogen) atoms. The molecule has 1 aromatic heterocycles. The minimum Gasteiger partial charge on any atom is -0.353 e. The molecule has 1 fully saturated rings. The second-order valence-corrected chi connectivity index (χ2v) is 7.35. The Hall–Kier alpha value is -1.94. The highest BCUT2D eigenvalue weighted by atomic mass is 79.9. The third-order valence-electron chi connectivity index (χ3n) is 4.76. The first-order valence-electron chi connectivity index (χ1n) is 8.52. The average Bonchev–Trinajstić information content (AvgIpc) is 2.62. The molecule has 0 spiro atoms. The zero-order chi connectivity index (χ0) is 16.5. The van der Waals surface area contributed by atoms with Crippen molar-refractivity contribution in [3.05, 3.63) is 53.0 Å². The molecule has 0 amide bonds. The van der Waals surface area contributed by atoms with Gasteiger partial charge in [0.2, 0.25) is 0 Å². The van der Waals surface area contributed by atoms with Crippen LogP contribution in [-0.2, 0) is 0 Å². The maximum absolute atomic E-state index is 4.97. The van der Waals surface area contributed by atoms with Gasteiger partial charge in [-0.15, -0.1) is 0 Å². The summed E-state index contributed by atoms with van der Waals surface area (Å²) < 4.78 is 1.07. The van der Waals surface area contributed by atoms with Crippen molar-refractivity contribution in [1.82, 2.24) is 9.97 Å². The molecule has 2 heterocycles. The van der Waals surface area contributed by atoms with Gasteiger partial charge in [-0.25, -0.2) is 9.97 Å². The largest absolute Gasteiger partial charge is 0.353 e. The summed E-state index contributed by atoms with van der Waals surface area (Å²) in [6.45, 7) is 3.37. The molecule has 0 aliphatic carbocycles. The van der Waals surface area contributed by atoms with E-state index in [1.54, 1.807) is 0 Å². The molecule has 4 rings (SSSR count). The lowest BCUT2D eigenvalue weighted by molar-refractivity contribution is 0.482. The Balaban J connectivity index is 1.89. The van der Waals surface area contributed by atoms with Crippen LogP contribution in [0.3, 0.4) is 0 Å². The summed E-state index contributed by atoms with van der Waals surface area (Å²) in [5, 5.41) is 1.15. The van der Waals surface area contributed by atoms with E-state index in [1.165, 1.54) is 19.3 Å². The number of rotatable bonds is 2. The lowest BCUT2D eigenvalue weighted by Gasteiger charge is -2.35. The highest BCUT2D eigenvalue weighted by Crippen LogP contribution is 2.31. The van der Waals surface area contributed by atoms with E-state index >= 15 is 0 Å². The molecular weight excluding hydrogens is 362 g/mol. The van der Waals surface area contributed by atoms with Gasteiger partial charge in [-0.1, -0.05) is 40.2 Å². The highest BCUT2D eigenvalue weighted by molar-refractivity contribution is 9.10. The van der Waals surface area contributed by atoms with E-state index in [0.29, 0.717) is 6.04 Å². The monoisotopic (exact) mass is 381 g/mol. The van der Waals surface area contributed by atoms with Crippen LogP contribution >= 0.6 is 15.9 Å². The van der Waals surface area contributed by atoms with E-state index in [-0.39, 0.29) is 0 Å². The zero-order valence-electron chi connectivity index (χ0n) is 13.7. The molecule has 1 atom stereocenters. The van der Waals surface area contributed by atoms with Gasteiger partial charge < -0.3 is 4.90 Å². The van der Waals surface area contributed by atoms with Crippen LogP contribution in [-0.4, -0.2) is 22.6 Å². The van der Waals surface area contributed by atoms with E-state index < -0.39 is 0 Å². The summed E-state index contributed by atoms with van der Waals surface area (Å²) in [5.74, 6) is 1.87. The Bertz CT molecular complexity index is 860. The number of fused-ring (bicyclic) bond motifs is 1. The van der Waals surface area contributed by atoms with Gasteiger partial charge in [-0.2, -0.15) is 0 Å². The zero-order valence-corrected chi connectivity index (χ0v) is 15.3. The minimum atomic E-state index is 0.523. The Morgan fingerprint density at radius 3 is 2.58 bits per heavy atom. The standard InChI is InChI=1S/C20H20BrN3/c1-14-6-4-5-13-24(14)20-17-7-2-3-8-18(17)22-19(23-20)15-9-11-16(21)12-10-15/h2-3,7-12,14H,4-6,13H2,1H3. The summed E-state index contributed by atoms with van der Waals surface area (Å²) in [6, 6.07) is 17.1. The van der Waals surface area contributed by atoms with Crippen LogP contribution in [0.2, 0.25) is 0 Å². The second kappa shape index (κ2) is 6.52. The molecular formula is C20H20BrN3. The fourth-order valence-electron chi connectivity index (χ4n) is 3.42. The maximum atomic E-state index is 4.97. The first-order valence-corrected chi connectivity index (χ1v) is 9.31. The van der Waals surface area contributed by atoms with Gasteiger partial charge in [0.25, 0.3) is 0 Å². The van der Waals surface area contributed by atoms with Crippen LogP contribution in [0.5, 0.6) is 0 Å². The van der Waals surface area contributed by atoms with Crippen molar-refractivity contribution in [3.8, 4) is 11.4 Å². The summed E-state index contributed by atoms with van der Waals surface area (Å²) in [6.07, 6.45) is 3.77. The minimum absolute atomic E-state index is 0.523. The maximum Gasteiger partial charge on any atom is 0.162 e. The van der Waals surface area contributed by atoms with E-state index in [1.807, 2.05) is 18.2 Å². The lowest BCUT2D eigenvalue weighted by Crippen LogP contribution is -2.38. The van der Waals surface area contributed by atoms with Crippen molar-refractivity contribution < 1.29 is 0 Å². The number of aromatic nitrogens is 2. The van der Waals surface area contributed by atoms with E-state index in [9.17, 15) is 0 Å². The van der Waals surface area contributed by atoms with Crippen molar-refractivity contribution in [1.29, 1.82) is 0 Å². The van der Waals surface area contributed by atoms with Crippen LogP contribution in [0, 0.1) is 0 Å². The molecule has 3 nitrogen and oxygen atoms in total. The average molecular weight is 382 g/mol. The van der Waals surface area contributed by atoms with Crippen molar-refractivity contribution >= 4 is 32.7 Å². The van der Waals surface area contributed by atoms with Gasteiger partial charge in [0.1, 0.15) is 5.82 Å². The SMILES string of the molecule is CC1CCCCN1c1nc(-c2ccc(Br)cc2)nc2ccccc12. The third-order valence-corrected chi connectivity index (χ3v) is 5.29. The van der Waals surface area contributed by atoms with Crippen molar-refractivity contribution in [2.75, 3.05) is 11.4 Å². The van der Waals surface area contributed by atoms with Gasteiger partial charge in [0, 0.05) is 28.0 Å². The topological polar surface area (TPSA) is 29.0 Å². The van der Waals surface area contributed by atoms with Crippen LogP contribution in [0.15, 0.2) is 53.0 Å². The van der Waals surface area contributed by atoms with Gasteiger partial charge >= 0.3 is 0 Å². The summed E-state index contributed by atoms with van der Waals surface area (Å²) >= 11 is 3.49. The van der Waals surface area contributed by atoms with Crippen LogP contribution in [0.1, 0.15) is 26.2 Å². The number of hydrogen-bond donors (Lipinski definition) is 0. The van der Waals surface area contributed by atoms with Crippen LogP contribution < -0.4 is 4.90 Å². The Labute approximate surface area is 150 Å². The number of halogens is 1. The molecule has 0 saturated carbocycles.